The average molecular weight is 325 g/mol. The molecule has 24 heavy (non-hydrogen) atoms. The first-order valence-electron chi connectivity index (χ1n) is 8.00. The van der Waals surface area contributed by atoms with Gasteiger partial charge in [0.2, 0.25) is 5.91 Å². The van der Waals surface area contributed by atoms with Crippen molar-refractivity contribution in [1.29, 1.82) is 0 Å². The average Bonchev–Trinajstić information content (AvgIpc) is 2.58. The van der Waals surface area contributed by atoms with Crippen LogP contribution in [0.15, 0.2) is 54.6 Å². The van der Waals surface area contributed by atoms with Crippen molar-refractivity contribution in [1.82, 2.24) is 10.6 Å². The van der Waals surface area contributed by atoms with Gasteiger partial charge in [-0.25, -0.2) is 0 Å². The fourth-order valence-electron chi connectivity index (χ4n) is 2.21. The molecule has 0 saturated carbocycles. The fourth-order valence-corrected chi connectivity index (χ4v) is 2.21. The Morgan fingerprint density at radius 3 is 2.46 bits per heavy atom. The van der Waals surface area contributed by atoms with Crippen LogP contribution in [0.5, 0.6) is 0 Å². The van der Waals surface area contributed by atoms with Gasteiger partial charge in [-0.15, -0.1) is 0 Å². The summed E-state index contributed by atoms with van der Waals surface area (Å²) < 4.78 is 0. The fraction of sp³-hybridized carbons (Fsp3) is 0.263. The van der Waals surface area contributed by atoms with E-state index in [9.17, 15) is 9.59 Å². The number of benzene rings is 2. The summed E-state index contributed by atoms with van der Waals surface area (Å²) in [6.45, 7) is 4.48. The van der Waals surface area contributed by atoms with Gasteiger partial charge >= 0.3 is 0 Å². The van der Waals surface area contributed by atoms with Gasteiger partial charge in [-0.2, -0.15) is 0 Å². The van der Waals surface area contributed by atoms with E-state index in [-0.39, 0.29) is 24.4 Å². The number of hydrogen-bond acceptors (Lipinski definition) is 3. The normalized spacial score (nSPS) is 10.3. The van der Waals surface area contributed by atoms with Crippen LogP contribution in [0.2, 0.25) is 0 Å². The summed E-state index contributed by atoms with van der Waals surface area (Å²) >= 11 is 0. The van der Waals surface area contributed by atoms with Crippen molar-refractivity contribution in [2.24, 2.45) is 0 Å². The molecule has 2 aromatic carbocycles. The van der Waals surface area contributed by atoms with Crippen molar-refractivity contribution in [2.75, 3.05) is 11.9 Å². The highest BCUT2D eigenvalue weighted by atomic mass is 16.2. The Balaban J connectivity index is 1.89. The van der Waals surface area contributed by atoms with Crippen LogP contribution in [0.4, 0.5) is 5.69 Å². The molecule has 0 radical (unpaired) electrons. The Labute approximate surface area is 142 Å². The molecule has 2 amide bonds. The standard InChI is InChI=1S/C19H23N3O2/c1-14(2)22-18(23)13-20-17-10-6-9-16(11-17)19(24)21-12-15-7-4-3-5-8-15/h3-11,14,20H,12-13H2,1-2H3,(H,21,24)(H,22,23). The Kier molecular flexibility index (Phi) is 6.37. The predicted molar refractivity (Wildman–Crippen MR) is 95.8 cm³/mol. The molecular weight excluding hydrogens is 302 g/mol. The third kappa shape index (κ3) is 5.76. The first-order valence-corrected chi connectivity index (χ1v) is 8.00. The number of amides is 2. The highest BCUT2D eigenvalue weighted by molar-refractivity contribution is 5.95. The van der Waals surface area contributed by atoms with Gasteiger partial charge in [0.05, 0.1) is 6.54 Å². The number of carbonyl (C=O) groups excluding carboxylic acids is 2. The van der Waals surface area contributed by atoms with Gasteiger partial charge < -0.3 is 16.0 Å². The molecule has 3 N–H and O–H groups in total. The minimum Gasteiger partial charge on any atom is -0.376 e. The molecule has 5 heteroatoms. The third-order valence-electron chi connectivity index (χ3n) is 3.32. The quantitative estimate of drug-likeness (QED) is 0.733. The molecule has 0 spiro atoms. The van der Waals surface area contributed by atoms with Gasteiger partial charge in [-0.1, -0.05) is 36.4 Å². The van der Waals surface area contributed by atoms with Crippen LogP contribution in [0, 0.1) is 0 Å². The summed E-state index contributed by atoms with van der Waals surface area (Å²) in [6.07, 6.45) is 0. The van der Waals surface area contributed by atoms with Gasteiger partial charge in [-0.3, -0.25) is 9.59 Å². The maximum Gasteiger partial charge on any atom is 0.251 e. The van der Waals surface area contributed by atoms with Gasteiger partial charge in [0, 0.05) is 23.8 Å². The van der Waals surface area contributed by atoms with Crippen molar-refractivity contribution >= 4 is 17.5 Å². The lowest BCUT2D eigenvalue weighted by atomic mass is 10.1. The highest BCUT2D eigenvalue weighted by Crippen LogP contribution is 2.10. The van der Waals surface area contributed by atoms with Gasteiger partial charge in [-0.05, 0) is 37.6 Å². The first kappa shape index (κ1) is 17.5. The lowest BCUT2D eigenvalue weighted by Crippen LogP contribution is -2.34. The van der Waals surface area contributed by atoms with Crippen LogP contribution >= 0.6 is 0 Å². The number of rotatable bonds is 7. The Hall–Kier alpha value is -2.82. The van der Waals surface area contributed by atoms with E-state index < -0.39 is 0 Å². The second-order valence-electron chi connectivity index (χ2n) is 5.82. The Bertz CT molecular complexity index is 684. The molecule has 0 bridgehead atoms. The molecule has 0 aliphatic carbocycles. The van der Waals surface area contributed by atoms with Gasteiger partial charge in [0.15, 0.2) is 0 Å². The van der Waals surface area contributed by atoms with E-state index in [1.54, 1.807) is 18.2 Å². The SMILES string of the molecule is CC(C)NC(=O)CNc1cccc(C(=O)NCc2ccccc2)c1. The van der Waals surface area contributed by atoms with Crippen LogP contribution in [-0.2, 0) is 11.3 Å². The maximum absolute atomic E-state index is 12.2. The summed E-state index contributed by atoms with van der Waals surface area (Å²) in [5.41, 5.74) is 2.34. The summed E-state index contributed by atoms with van der Waals surface area (Å²) in [6, 6.07) is 17.0. The third-order valence-corrected chi connectivity index (χ3v) is 3.32. The molecular formula is C19H23N3O2. The minimum absolute atomic E-state index is 0.0797. The predicted octanol–water partition coefficient (Wildman–Crippen LogP) is 2.55. The van der Waals surface area contributed by atoms with Crippen molar-refractivity contribution in [3.05, 3.63) is 65.7 Å². The molecule has 0 fully saturated rings. The smallest absolute Gasteiger partial charge is 0.251 e. The van der Waals surface area contributed by atoms with Crippen molar-refractivity contribution < 1.29 is 9.59 Å². The van der Waals surface area contributed by atoms with E-state index in [1.807, 2.05) is 50.2 Å². The van der Waals surface area contributed by atoms with E-state index >= 15 is 0 Å². The second kappa shape index (κ2) is 8.72. The molecule has 0 saturated heterocycles. The van der Waals surface area contributed by atoms with E-state index in [2.05, 4.69) is 16.0 Å². The maximum atomic E-state index is 12.2. The van der Waals surface area contributed by atoms with Gasteiger partial charge in [0.25, 0.3) is 5.91 Å². The zero-order chi connectivity index (χ0) is 17.4. The monoisotopic (exact) mass is 325 g/mol. The van der Waals surface area contributed by atoms with E-state index in [0.717, 1.165) is 11.3 Å². The molecule has 2 rings (SSSR count). The minimum atomic E-state index is -0.144. The van der Waals surface area contributed by atoms with Crippen LogP contribution in [0.25, 0.3) is 0 Å². The number of hydrogen-bond donors (Lipinski definition) is 3. The molecule has 0 heterocycles. The molecule has 0 unspecified atom stereocenters. The lowest BCUT2D eigenvalue weighted by Gasteiger charge is -2.11. The molecule has 0 aliphatic rings. The zero-order valence-corrected chi connectivity index (χ0v) is 14.0. The summed E-state index contributed by atoms with van der Waals surface area (Å²) in [4.78, 5) is 23.9. The van der Waals surface area contributed by atoms with Crippen LogP contribution in [0.3, 0.4) is 0 Å². The lowest BCUT2D eigenvalue weighted by molar-refractivity contribution is -0.119. The van der Waals surface area contributed by atoms with E-state index in [1.165, 1.54) is 0 Å². The van der Waals surface area contributed by atoms with E-state index in [4.69, 9.17) is 0 Å². The van der Waals surface area contributed by atoms with Crippen molar-refractivity contribution in [3.8, 4) is 0 Å². The molecule has 0 aromatic heterocycles. The van der Waals surface area contributed by atoms with Crippen LogP contribution in [-0.4, -0.2) is 24.4 Å². The largest absolute Gasteiger partial charge is 0.376 e. The Morgan fingerprint density at radius 1 is 1.00 bits per heavy atom. The molecule has 126 valence electrons. The van der Waals surface area contributed by atoms with Crippen molar-refractivity contribution in [2.45, 2.75) is 26.4 Å². The molecule has 0 atom stereocenters. The molecule has 0 aliphatic heterocycles. The van der Waals surface area contributed by atoms with Crippen LogP contribution < -0.4 is 16.0 Å². The molecule has 2 aromatic rings. The topological polar surface area (TPSA) is 70.2 Å². The number of nitrogens with one attached hydrogen (secondary N) is 3. The second-order valence-corrected chi connectivity index (χ2v) is 5.82. The number of carbonyl (C=O) groups is 2. The highest BCUT2D eigenvalue weighted by Gasteiger charge is 2.07. The van der Waals surface area contributed by atoms with Crippen molar-refractivity contribution in [3.63, 3.8) is 0 Å². The van der Waals surface area contributed by atoms with E-state index in [0.29, 0.717) is 12.1 Å². The summed E-state index contributed by atoms with van der Waals surface area (Å²) in [7, 11) is 0. The first-order chi connectivity index (χ1) is 11.5. The molecule has 5 nitrogen and oxygen atoms in total. The number of anilines is 1. The van der Waals surface area contributed by atoms with Gasteiger partial charge in [0.1, 0.15) is 0 Å². The zero-order valence-electron chi connectivity index (χ0n) is 14.0. The summed E-state index contributed by atoms with van der Waals surface area (Å²) in [5.74, 6) is -0.224. The summed E-state index contributed by atoms with van der Waals surface area (Å²) in [5, 5.41) is 8.72. The van der Waals surface area contributed by atoms with Crippen LogP contribution in [0.1, 0.15) is 29.8 Å². The Morgan fingerprint density at radius 2 is 1.75 bits per heavy atom.